The molecule has 9 aromatic carbocycles. The molecule has 2 heterocycles. The van der Waals surface area contributed by atoms with E-state index in [0.29, 0.717) is 0 Å². The molecule has 2 nitrogen and oxygen atoms in total. The Bertz CT molecular complexity index is 3330. The van der Waals surface area contributed by atoms with Crippen LogP contribution in [0, 0.1) is 13.8 Å². The van der Waals surface area contributed by atoms with Crippen LogP contribution in [0.2, 0.25) is 0 Å². The summed E-state index contributed by atoms with van der Waals surface area (Å²) in [4.78, 5) is 0. The van der Waals surface area contributed by atoms with Crippen LogP contribution >= 0.6 is 0 Å². The Morgan fingerprint density at radius 2 is 0.707 bits per heavy atom. The van der Waals surface area contributed by atoms with Crippen molar-refractivity contribution in [3.63, 3.8) is 0 Å². The predicted molar refractivity (Wildman–Crippen MR) is 246 cm³/mol. The Morgan fingerprint density at radius 3 is 1.29 bits per heavy atom. The van der Waals surface area contributed by atoms with Gasteiger partial charge in [-0.25, -0.2) is 0 Å². The molecule has 0 N–H and O–H groups in total. The third-order valence-electron chi connectivity index (χ3n) is 12.1. The Morgan fingerprint density at radius 1 is 0.276 bits per heavy atom. The van der Waals surface area contributed by atoms with Crippen LogP contribution in [0.5, 0.6) is 0 Å². The Labute approximate surface area is 338 Å². The smallest absolute Gasteiger partial charge is 0.0541 e. The predicted octanol–water partition coefficient (Wildman–Crippen LogP) is 15.2. The van der Waals surface area contributed by atoms with E-state index < -0.39 is 0 Å². The van der Waals surface area contributed by atoms with Gasteiger partial charge in [0.2, 0.25) is 0 Å². The van der Waals surface area contributed by atoms with E-state index in [0.717, 1.165) is 11.4 Å². The van der Waals surface area contributed by atoms with Crippen molar-refractivity contribution in [1.82, 2.24) is 9.13 Å². The quantitative estimate of drug-likeness (QED) is 0.161. The highest BCUT2D eigenvalue weighted by Gasteiger charge is 2.17. The monoisotopic (exact) mass is 740 g/mol. The van der Waals surface area contributed by atoms with Crippen LogP contribution in [0.4, 0.5) is 0 Å². The molecule has 11 aromatic rings. The summed E-state index contributed by atoms with van der Waals surface area (Å²) in [5.74, 6) is 0. The summed E-state index contributed by atoms with van der Waals surface area (Å²) in [6.07, 6.45) is 0. The molecule has 2 aromatic heterocycles. The second-order valence-electron chi connectivity index (χ2n) is 15.4. The topological polar surface area (TPSA) is 9.86 Å². The number of rotatable bonds is 6. The van der Waals surface area contributed by atoms with E-state index in [9.17, 15) is 0 Å². The fourth-order valence-electron chi connectivity index (χ4n) is 9.20. The van der Waals surface area contributed by atoms with Crippen LogP contribution in [0.15, 0.2) is 206 Å². The molecule has 0 bridgehead atoms. The van der Waals surface area contributed by atoms with Crippen molar-refractivity contribution in [1.29, 1.82) is 0 Å². The van der Waals surface area contributed by atoms with E-state index in [4.69, 9.17) is 0 Å². The largest absolute Gasteiger partial charge is 0.309 e. The third kappa shape index (κ3) is 5.49. The summed E-state index contributed by atoms with van der Waals surface area (Å²) in [6, 6.07) is 75.4. The Kier molecular flexibility index (Phi) is 7.97. The van der Waals surface area contributed by atoms with Gasteiger partial charge in [0.15, 0.2) is 0 Å². The normalized spacial score (nSPS) is 11.6. The molecule has 58 heavy (non-hydrogen) atoms. The average molecular weight is 741 g/mol. The summed E-state index contributed by atoms with van der Waals surface area (Å²) in [5.41, 5.74) is 19.7. The summed E-state index contributed by atoms with van der Waals surface area (Å²) < 4.78 is 4.81. The Hall–Kier alpha value is -7.42. The van der Waals surface area contributed by atoms with Crippen molar-refractivity contribution >= 4 is 43.6 Å². The first-order chi connectivity index (χ1) is 28.6. The van der Waals surface area contributed by atoms with Crippen molar-refractivity contribution in [2.75, 3.05) is 0 Å². The van der Waals surface area contributed by atoms with Crippen LogP contribution < -0.4 is 0 Å². The number of fused-ring (bicyclic) bond motifs is 6. The van der Waals surface area contributed by atoms with Crippen LogP contribution in [0.3, 0.4) is 0 Å². The number of para-hydroxylation sites is 2. The van der Waals surface area contributed by atoms with Gasteiger partial charge in [-0.2, -0.15) is 0 Å². The summed E-state index contributed by atoms with van der Waals surface area (Å²) in [7, 11) is 0. The van der Waals surface area contributed by atoms with Crippen LogP contribution in [-0.4, -0.2) is 9.13 Å². The van der Waals surface area contributed by atoms with Gasteiger partial charge in [0.05, 0.1) is 22.1 Å². The molecule has 0 spiro atoms. The lowest BCUT2D eigenvalue weighted by Gasteiger charge is -2.15. The van der Waals surface area contributed by atoms with Crippen LogP contribution in [0.25, 0.3) is 99.5 Å². The average Bonchev–Trinajstić information content (AvgIpc) is 3.79. The minimum atomic E-state index is 1.15. The van der Waals surface area contributed by atoms with Gasteiger partial charge in [0.25, 0.3) is 0 Å². The maximum atomic E-state index is 2.41. The molecule has 0 radical (unpaired) electrons. The molecule has 0 atom stereocenters. The molecular weight excluding hydrogens is 701 g/mol. The summed E-state index contributed by atoms with van der Waals surface area (Å²) in [5, 5.41) is 5.01. The molecule has 0 aliphatic carbocycles. The molecule has 0 unspecified atom stereocenters. The maximum absolute atomic E-state index is 2.41. The van der Waals surface area contributed by atoms with E-state index in [1.54, 1.807) is 0 Å². The van der Waals surface area contributed by atoms with E-state index in [1.165, 1.54) is 99.2 Å². The van der Waals surface area contributed by atoms with Crippen molar-refractivity contribution in [3.8, 4) is 55.9 Å². The second kappa shape index (κ2) is 13.7. The minimum absolute atomic E-state index is 1.15. The number of aryl methyl sites for hydroxylation is 1. The first kappa shape index (κ1) is 33.9. The lowest BCUT2D eigenvalue weighted by Crippen LogP contribution is -1.95. The van der Waals surface area contributed by atoms with E-state index in [-0.39, 0.29) is 0 Å². The molecule has 0 aliphatic heterocycles. The third-order valence-corrected chi connectivity index (χ3v) is 12.1. The number of nitrogens with zero attached hydrogens (tertiary/aromatic N) is 2. The van der Waals surface area contributed by atoms with Crippen molar-refractivity contribution in [2.24, 2.45) is 0 Å². The van der Waals surface area contributed by atoms with Gasteiger partial charge >= 0.3 is 0 Å². The van der Waals surface area contributed by atoms with Gasteiger partial charge < -0.3 is 9.13 Å². The number of aromatic nitrogens is 2. The number of hydrogen-bond donors (Lipinski definition) is 0. The lowest BCUT2D eigenvalue weighted by molar-refractivity contribution is 1.18. The van der Waals surface area contributed by atoms with Gasteiger partial charge in [-0.15, -0.1) is 0 Å². The van der Waals surface area contributed by atoms with E-state index in [1.807, 2.05) is 0 Å². The number of benzene rings is 9. The molecule has 274 valence electrons. The standard InChI is InChI=1S/C56H40N2/c1-37-13-6-7-16-46(37)48-20-12-19-47(38(48)2)41-25-31-45(32-26-41)58-54-22-11-9-18-50(54)52-36-43(28-34-56(52)58)42-27-33-55-51(35-42)49-17-8-10-21-53(49)57(55)44-29-23-40(24-30-44)39-14-4-3-5-15-39/h3-36H,1-2H3. The summed E-state index contributed by atoms with van der Waals surface area (Å²) in [6.45, 7) is 4.44. The van der Waals surface area contributed by atoms with Crippen molar-refractivity contribution in [3.05, 3.63) is 217 Å². The first-order valence-corrected chi connectivity index (χ1v) is 20.1. The van der Waals surface area contributed by atoms with Crippen LogP contribution in [-0.2, 0) is 0 Å². The van der Waals surface area contributed by atoms with E-state index in [2.05, 4.69) is 229 Å². The highest BCUT2D eigenvalue weighted by atomic mass is 15.0. The molecule has 0 saturated heterocycles. The van der Waals surface area contributed by atoms with Gasteiger partial charge in [-0.05, 0) is 130 Å². The molecular formula is C56H40N2. The van der Waals surface area contributed by atoms with Crippen molar-refractivity contribution < 1.29 is 0 Å². The maximum Gasteiger partial charge on any atom is 0.0541 e. The first-order valence-electron chi connectivity index (χ1n) is 20.1. The van der Waals surface area contributed by atoms with Gasteiger partial charge in [0.1, 0.15) is 0 Å². The van der Waals surface area contributed by atoms with Gasteiger partial charge in [-0.3, -0.25) is 0 Å². The highest BCUT2D eigenvalue weighted by molar-refractivity contribution is 6.12. The molecule has 2 heteroatoms. The highest BCUT2D eigenvalue weighted by Crippen LogP contribution is 2.39. The SMILES string of the molecule is Cc1ccccc1-c1cccc(-c2ccc(-n3c4ccccc4c4cc(-c5ccc6c(c5)c5ccccc5n6-c5ccc(-c6ccccc6)cc5)ccc43)cc2)c1C. The minimum Gasteiger partial charge on any atom is -0.309 e. The zero-order valence-electron chi connectivity index (χ0n) is 32.5. The summed E-state index contributed by atoms with van der Waals surface area (Å²) >= 11 is 0. The number of hydrogen-bond acceptors (Lipinski definition) is 0. The molecule has 11 rings (SSSR count). The molecule has 0 aliphatic rings. The fourth-order valence-corrected chi connectivity index (χ4v) is 9.20. The fraction of sp³-hybridized carbons (Fsp3) is 0.0357. The van der Waals surface area contributed by atoms with Gasteiger partial charge in [0, 0.05) is 32.9 Å². The second-order valence-corrected chi connectivity index (χ2v) is 15.4. The molecule has 0 fully saturated rings. The molecule has 0 saturated carbocycles. The Balaban J connectivity index is 0.981. The lowest BCUT2D eigenvalue weighted by atomic mass is 9.91. The zero-order valence-corrected chi connectivity index (χ0v) is 32.5. The molecule has 0 amide bonds. The van der Waals surface area contributed by atoms with Crippen LogP contribution in [0.1, 0.15) is 11.1 Å². The van der Waals surface area contributed by atoms with E-state index >= 15 is 0 Å². The van der Waals surface area contributed by atoms with Crippen molar-refractivity contribution in [2.45, 2.75) is 13.8 Å². The zero-order chi connectivity index (χ0) is 38.7. The van der Waals surface area contributed by atoms with Gasteiger partial charge in [-0.1, -0.05) is 146 Å².